The van der Waals surface area contributed by atoms with Crippen molar-refractivity contribution in [1.82, 2.24) is 23.0 Å². The Labute approximate surface area is 148 Å². The van der Waals surface area contributed by atoms with Crippen molar-refractivity contribution in [2.75, 3.05) is 40.9 Å². The number of methoxy groups -OCH3 is 1. The number of hydrogen-bond donors (Lipinski definition) is 0. The van der Waals surface area contributed by atoms with Crippen LogP contribution in [0.2, 0.25) is 0 Å². The predicted molar refractivity (Wildman–Crippen MR) is 92.8 cm³/mol. The summed E-state index contributed by atoms with van der Waals surface area (Å²) in [6.45, 7) is 1.71. The number of hydrogen-bond acceptors (Lipinski definition) is 5. The van der Waals surface area contributed by atoms with Gasteiger partial charge in [-0.15, -0.1) is 0 Å². The van der Waals surface area contributed by atoms with E-state index in [1.165, 1.54) is 13.3 Å². The van der Waals surface area contributed by atoms with E-state index in [0.29, 0.717) is 26.2 Å². The normalized spacial score (nSPS) is 22.6. The Morgan fingerprint density at radius 1 is 1.28 bits per heavy atom. The molecule has 3 rings (SSSR count). The highest BCUT2D eigenvalue weighted by Crippen LogP contribution is 2.37. The van der Waals surface area contributed by atoms with Gasteiger partial charge in [0, 0.05) is 46.3 Å². The van der Waals surface area contributed by atoms with Gasteiger partial charge in [0.25, 0.3) is 10.2 Å². The van der Waals surface area contributed by atoms with E-state index in [0.717, 1.165) is 31.5 Å². The lowest BCUT2D eigenvalue weighted by Gasteiger charge is -2.33. The Balaban J connectivity index is 1.89. The SMILES string of the molecule is COCCn1nc(C2CCCN(S(=O)(=O)N(C)C)C2)n(C2CC2)c1=O. The van der Waals surface area contributed by atoms with Gasteiger partial charge in [0.15, 0.2) is 0 Å². The summed E-state index contributed by atoms with van der Waals surface area (Å²) in [6.07, 6.45) is 3.57. The van der Waals surface area contributed by atoms with Crippen LogP contribution in [0.3, 0.4) is 0 Å². The van der Waals surface area contributed by atoms with Gasteiger partial charge >= 0.3 is 5.69 Å². The molecular formula is C15H27N5O4S. The molecule has 10 heteroatoms. The van der Waals surface area contributed by atoms with Crippen LogP contribution in [-0.2, 0) is 21.5 Å². The summed E-state index contributed by atoms with van der Waals surface area (Å²) in [5, 5.41) is 4.55. The standard InChI is InChI=1S/C15H27N5O4S/c1-17(2)25(22,23)18-8-4-5-12(11-18)14-16-19(9-10-24-3)15(21)20(14)13-6-7-13/h12-13H,4-11H2,1-3H3. The predicted octanol–water partition coefficient (Wildman–Crippen LogP) is 0.0119. The molecule has 9 nitrogen and oxygen atoms in total. The van der Waals surface area contributed by atoms with Crippen molar-refractivity contribution >= 4 is 10.2 Å². The fraction of sp³-hybridized carbons (Fsp3) is 0.867. The number of aromatic nitrogens is 3. The van der Waals surface area contributed by atoms with E-state index in [1.54, 1.807) is 25.8 Å². The summed E-state index contributed by atoms with van der Waals surface area (Å²) in [7, 11) is 1.22. The third-order valence-electron chi connectivity index (χ3n) is 4.85. The molecule has 1 unspecified atom stereocenters. The summed E-state index contributed by atoms with van der Waals surface area (Å²) < 4.78 is 35.9. The number of ether oxygens (including phenoxy) is 1. The monoisotopic (exact) mass is 373 g/mol. The van der Waals surface area contributed by atoms with Crippen molar-refractivity contribution in [3.63, 3.8) is 0 Å². The van der Waals surface area contributed by atoms with Gasteiger partial charge in [-0.1, -0.05) is 0 Å². The Hall–Kier alpha value is -1.23. The molecule has 2 fully saturated rings. The second kappa shape index (κ2) is 7.18. The smallest absolute Gasteiger partial charge is 0.346 e. The molecule has 1 aliphatic heterocycles. The second-order valence-electron chi connectivity index (χ2n) is 6.95. The maximum Gasteiger partial charge on any atom is 0.346 e. The van der Waals surface area contributed by atoms with Crippen molar-refractivity contribution in [2.24, 2.45) is 0 Å². The minimum atomic E-state index is -3.45. The van der Waals surface area contributed by atoms with Gasteiger partial charge in [0.2, 0.25) is 0 Å². The second-order valence-corrected chi connectivity index (χ2v) is 9.09. The molecule has 1 aliphatic carbocycles. The molecule has 1 saturated heterocycles. The van der Waals surface area contributed by atoms with Gasteiger partial charge in [-0.05, 0) is 25.7 Å². The minimum Gasteiger partial charge on any atom is -0.383 e. The van der Waals surface area contributed by atoms with Crippen LogP contribution in [-0.4, -0.2) is 72.3 Å². The molecule has 0 spiro atoms. The van der Waals surface area contributed by atoms with Gasteiger partial charge in [-0.2, -0.15) is 22.1 Å². The van der Waals surface area contributed by atoms with Crippen LogP contribution < -0.4 is 5.69 Å². The first-order chi connectivity index (χ1) is 11.9. The zero-order chi connectivity index (χ0) is 18.2. The molecule has 2 heterocycles. The van der Waals surface area contributed by atoms with Crippen molar-refractivity contribution in [3.8, 4) is 0 Å². The molecule has 142 valence electrons. The van der Waals surface area contributed by atoms with Crippen molar-refractivity contribution in [3.05, 3.63) is 16.3 Å². The number of piperidine rings is 1. The summed E-state index contributed by atoms with van der Waals surface area (Å²) in [5.74, 6) is 0.669. The molecule has 0 N–H and O–H groups in total. The minimum absolute atomic E-state index is 0.0550. The van der Waals surface area contributed by atoms with Gasteiger partial charge < -0.3 is 4.74 Å². The molecule has 0 aromatic carbocycles. The van der Waals surface area contributed by atoms with Crippen LogP contribution >= 0.6 is 0 Å². The maximum absolute atomic E-state index is 12.7. The molecule has 1 aromatic rings. The first kappa shape index (κ1) is 18.6. The highest BCUT2D eigenvalue weighted by Gasteiger charge is 2.37. The Bertz CT molecular complexity index is 765. The molecule has 0 bridgehead atoms. The highest BCUT2D eigenvalue weighted by molar-refractivity contribution is 7.86. The third-order valence-corrected chi connectivity index (χ3v) is 6.76. The van der Waals surface area contributed by atoms with E-state index >= 15 is 0 Å². The highest BCUT2D eigenvalue weighted by atomic mass is 32.2. The van der Waals surface area contributed by atoms with Gasteiger partial charge in [0.1, 0.15) is 5.82 Å². The summed E-state index contributed by atoms with van der Waals surface area (Å²) in [5.41, 5.74) is -0.109. The number of rotatable bonds is 7. The first-order valence-electron chi connectivity index (χ1n) is 8.72. The molecule has 0 amide bonds. The van der Waals surface area contributed by atoms with E-state index in [4.69, 9.17) is 4.74 Å². The third kappa shape index (κ3) is 3.67. The van der Waals surface area contributed by atoms with E-state index in [2.05, 4.69) is 5.10 Å². The van der Waals surface area contributed by atoms with Crippen LogP contribution in [0.4, 0.5) is 0 Å². The largest absolute Gasteiger partial charge is 0.383 e. The quantitative estimate of drug-likeness (QED) is 0.672. The molecule has 25 heavy (non-hydrogen) atoms. The fourth-order valence-electron chi connectivity index (χ4n) is 3.31. The Morgan fingerprint density at radius 2 is 2.00 bits per heavy atom. The lowest BCUT2D eigenvalue weighted by molar-refractivity contribution is 0.182. The average Bonchev–Trinajstić information content (AvgIpc) is 3.37. The van der Waals surface area contributed by atoms with Crippen molar-refractivity contribution in [2.45, 2.75) is 44.2 Å². The van der Waals surface area contributed by atoms with Gasteiger partial charge in [-0.3, -0.25) is 4.57 Å². The molecule has 1 aromatic heterocycles. The summed E-state index contributed by atoms with van der Waals surface area (Å²) in [6, 6.07) is 0.208. The van der Waals surface area contributed by atoms with Crippen LogP contribution in [0.15, 0.2) is 4.79 Å². The van der Waals surface area contributed by atoms with E-state index in [9.17, 15) is 13.2 Å². The fourth-order valence-corrected chi connectivity index (χ4v) is 4.50. The molecular weight excluding hydrogens is 346 g/mol. The molecule has 1 saturated carbocycles. The average molecular weight is 373 g/mol. The van der Waals surface area contributed by atoms with Gasteiger partial charge in [0.05, 0.1) is 13.2 Å². The summed E-state index contributed by atoms with van der Waals surface area (Å²) >= 11 is 0. The number of nitrogens with zero attached hydrogens (tertiary/aromatic N) is 5. The van der Waals surface area contributed by atoms with Crippen LogP contribution in [0.1, 0.15) is 43.5 Å². The first-order valence-corrected chi connectivity index (χ1v) is 10.1. The lowest BCUT2D eigenvalue weighted by Crippen LogP contribution is -2.45. The zero-order valence-corrected chi connectivity index (χ0v) is 15.9. The van der Waals surface area contributed by atoms with Crippen molar-refractivity contribution in [1.29, 1.82) is 0 Å². The molecule has 2 aliphatic rings. The van der Waals surface area contributed by atoms with Crippen LogP contribution in [0, 0.1) is 0 Å². The van der Waals surface area contributed by atoms with E-state index in [-0.39, 0.29) is 17.6 Å². The lowest BCUT2D eigenvalue weighted by atomic mass is 9.99. The van der Waals surface area contributed by atoms with Crippen LogP contribution in [0.5, 0.6) is 0 Å². The summed E-state index contributed by atoms with van der Waals surface area (Å²) in [4.78, 5) is 12.7. The van der Waals surface area contributed by atoms with Crippen molar-refractivity contribution < 1.29 is 13.2 Å². The van der Waals surface area contributed by atoms with Crippen LogP contribution in [0.25, 0.3) is 0 Å². The Kier molecular flexibility index (Phi) is 5.33. The van der Waals surface area contributed by atoms with E-state index in [1.807, 2.05) is 0 Å². The topological polar surface area (TPSA) is 89.7 Å². The molecule has 1 atom stereocenters. The Morgan fingerprint density at radius 3 is 2.60 bits per heavy atom. The molecule has 0 radical (unpaired) electrons. The van der Waals surface area contributed by atoms with E-state index < -0.39 is 10.2 Å². The maximum atomic E-state index is 12.7. The zero-order valence-electron chi connectivity index (χ0n) is 15.1. The van der Waals surface area contributed by atoms with Gasteiger partial charge in [-0.25, -0.2) is 9.48 Å².